The molecule has 1 aromatic carbocycles. The van der Waals surface area contributed by atoms with Gasteiger partial charge >= 0.3 is 0 Å². The van der Waals surface area contributed by atoms with Gasteiger partial charge in [0.25, 0.3) is 0 Å². The zero-order valence-corrected chi connectivity index (χ0v) is 9.12. The number of hydrogen-bond donors (Lipinski definition) is 0. The molecule has 82 valence electrons. The van der Waals surface area contributed by atoms with Crippen molar-refractivity contribution in [3.05, 3.63) is 54.1 Å². The van der Waals surface area contributed by atoms with E-state index in [-0.39, 0.29) is 5.82 Å². The van der Waals surface area contributed by atoms with E-state index in [9.17, 15) is 4.39 Å². The van der Waals surface area contributed by atoms with Crippen LogP contribution in [0.5, 0.6) is 11.5 Å². The summed E-state index contributed by atoms with van der Waals surface area (Å²) in [7, 11) is 0. The molecule has 2 rings (SSSR count). The van der Waals surface area contributed by atoms with Gasteiger partial charge in [0.05, 0.1) is 11.6 Å². The van der Waals surface area contributed by atoms with Crippen molar-refractivity contribution in [2.24, 2.45) is 0 Å². The van der Waals surface area contributed by atoms with Crippen molar-refractivity contribution in [3.63, 3.8) is 0 Å². The van der Waals surface area contributed by atoms with Crippen LogP contribution in [0.3, 0.4) is 0 Å². The Bertz CT molecular complexity index is 490. The quantitative estimate of drug-likeness (QED) is 0.759. The van der Waals surface area contributed by atoms with Crippen molar-refractivity contribution in [3.8, 4) is 11.5 Å². The highest BCUT2D eigenvalue weighted by Crippen LogP contribution is 2.22. The summed E-state index contributed by atoms with van der Waals surface area (Å²) >= 11 is 5.65. The van der Waals surface area contributed by atoms with E-state index in [1.807, 2.05) is 0 Å². The maximum atomic E-state index is 12.9. The van der Waals surface area contributed by atoms with Gasteiger partial charge in [-0.25, -0.2) is 4.39 Å². The molecular formula is C12H9ClFNO. The number of benzene rings is 1. The Morgan fingerprint density at radius 1 is 1.19 bits per heavy atom. The maximum absolute atomic E-state index is 12.9. The molecule has 0 bridgehead atoms. The van der Waals surface area contributed by atoms with Crippen molar-refractivity contribution in [2.45, 2.75) is 5.88 Å². The Morgan fingerprint density at radius 2 is 2.00 bits per heavy atom. The van der Waals surface area contributed by atoms with Crippen LogP contribution in [0, 0.1) is 5.82 Å². The van der Waals surface area contributed by atoms with Gasteiger partial charge in [0.2, 0.25) is 0 Å². The minimum absolute atomic E-state index is 0.320. The number of pyridine rings is 1. The van der Waals surface area contributed by atoms with Gasteiger partial charge in [-0.3, -0.25) is 4.98 Å². The van der Waals surface area contributed by atoms with Crippen molar-refractivity contribution < 1.29 is 9.13 Å². The highest BCUT2D eigenvalue weighted by molar-refractivity contribution is 6.16. The summed E-state index contributed by atoms with van der Waals surface area (Å²) in [4.78, 5) is 4.03. The number of ether oxygens (including phenoxy) is 1. The summed E-state index contributed by atoms with van der Waals surface area (Å²) in [5, 5.41) is 0. The lowest BCUT2D eigenvalue weighted by Crippen LogP contribution is -1.88. The van der Waals surface area contributed by atoms with E-state index >= 15 is 0 Å². The lowest BCUT2D eigenvalue weighted by Gasteiger charge is -2.05. The second-order valence-corrected chi connectivity index (χ2v) is 3.44. The van der Waals surface area contributed by atoms with Gasteiger partial charge in [-0.15, -0.1) is 11.6 Å². The molecule has 0 fully saturated rings. The molecule has 1 aromatic heterocycles. The molecule has 0 saturated carbocycles. The van der Waals surface area contributed by atoms with E-state index in [1.54, 1.807) is 30.5 Å². The van der Waals surface area contributed by atoms with Gasteiger partial charge in [-0.2, -0.15) is 0 Å². The molecule has 16 heavy (non-hydrogen) atoms. The van der Waals surface area contributed by atoms with Crippen LogP contribution in [-0.2, 0) is 5.88 Å². The fraction of sp³-hybridized carbons (Fsp3) is 0.0833. The van der Waals surface area contributed by atoms with Crippen molar-refractivity contribution >= 4 is 11.6 Å². The number of alkyl halides is 1. The van der Waals surface area contributed by atoms with Gasteiger partial charge in [0.1, 0.15) is 17.3 Å². The Morgan fingerprint density at radius 3 is 2.75 bits per heavy atom. The highest BCUT2D eigenvalue weighted by atomic mass is 35.5. The summed E-state index contributed by atoms with van der Waals surface area (Å²) in [5.41, 5.74) is 0.718. The van der Waals surface area contributed by atoms with Gasteiger partial charge in [-0.1, -0.05) is 6.07 Å². The van der Waals surface area contributed by atoms with E-state index in [2.05, 4.69) is 4.98 Å². The van der Waals surface area contributed by atoms with Crippen molar-refractivity contribution in [1.82, 2.24) is 4.98 Å². The van der Waals surface area contributed by atoms with Crippen LogP contribution in [0.25, 0.3) is 0 Å². The molecule has 0 amide bonds. The number of hydrogen-bond acceptors (Lipinski definition) is 2. The Hall–Kier alpha value is -1.61. The summed E-state index contributed by atoms with van der Waals surface area (Å²) in [6, 6.07) is 9.38. The van der Waals surface area contributed by atoms with E-state index in [0.717, 1.165) is 5.69 Å². The zero-order chi connectivity index (χ0) is 11.4. The molecule has 0 atom stereocenters. The SMILES string of the molecule is Fc1cccc(Oc2ccnc(CCl)c2)c1. The minimum atomic E-state index is -0.330. The highest BCUT2D eigenvalue weighted by Gasteiger charge is 2.00. The monoisotopic (exact) mass is 237 g/mol. The molecule has 0 aliphatic carbocycles. The normalized spacial score (nSPS) is 10.1. The van der Waals surface area contributed by atoms with Crippen molar-refractivity contribution in [1.29, 1.82) is 0 Å². The van der Waals surface area contributed by atoms with Crippen LogP contribution < -0.4 is 4.74 Å². The first-order valence-corrected chi connectivity index (χ1v) is 5.26. The number of rotatable bonds is 3. The third-order valence-corrected chi connectivity index (χ3v) is 2.23. The van der Waals surface area contributed by atoms with E-state index in [1.165, 1.54) is 12.1 Å². The molecule has 4 heteroatoms. The fourth-order valence-electron chi connectivity index (χ4n) is 1.26. The lowest BCUT2D eigenvalue weighted by atomic mass is 10.3. The first kappa shape index (κ1) is 10.9. The molecule has 0 radical (unpaired) electrons. The molecule has 0 aliphatic rings. The molecule has 0 saturated heterocycles. The van der Waals surface area contributed by atoms with E-state index in [0.29, 0.717) is 17.4 Å². The standard InChI is InChI=1S/C12H9ClFNO/c13-8-10-7-12(4-5-15-10)16-11-3-1-2-9(14)6-11/h1-7H,8H2. The third kappa shape index (κ3) is 2.70. The average Bonchev–Trinajstić information content (AvgIpc) is 2.29. The molecule has 0 N–H and O–H groups in total. The summed E-state index contributed by atoms with van der Waals surface area (Å²) < 4.78 is 18.4. The summed E-state index contributed by atoms with van der Waals surface area (Å²) in [5.74, 6) is 1.03. The van der Waals surface area contributed by atoms with Gasteiger partial charge in [0.15, 0.2) is 0 Å². The molecule has 1 heterocycles. The predicted octanol–water partition coefficient (Wildman–Crippen LogP) is 3.75. The van der Waals surface area contributed by atoms with Gasteiger partial charge in [-0.05, 0) is 18.2 Å². The number of nitrogens with zero attached hydrogens (tertiary/aromatic N) is 1. The second-order valence-electron chi connectivity index (χ2n) is 3.18. The van der Waals surface area contributed by atoms with Crippen LogP contribution in [0.15, 0.2) is 42.6 Å². The first-order valence-electron chi connectivity index (χ1n) is 4.72. The van der Waals surface area contributed by atoms with Crippen LogP contribution >= 0.6 is 11.6 Å². The third-order valence-electron chi connectivity index (χ3n) is 1.96. The number of aromatic nitrogens is 1. The largest absolute Gasteiger partial charge is 0.457 e. The first-order chi connectivity index (χ1) is 7.78. The van der Waals surface area contributed by atoms with Gasteiger partial charge in [0, 0.05) is 18.3 Å². The molecule has 0 spiro atoms. The summed E-state index contributed by atoms with van der Waals surface area (Å²) in [6.07, 6.45) is 1.60. The Kier molecular flexibility index (Phi) is 3.37. The zero-order valence-electron chi connectivity index (χ0n) is 8.36. The molecular weight excluding hydrogens is 229 g/mol. The molecule has 0 aliphatic heterocycles. The van der Waals surface area contributed by atoms with Crippen molar-refractivity contribution in [2.75, 3.05) is 0 Å². The average molecular weight is 238 g/mol. The fourth-order valence-corrected chi connectivity index (χ4v) is 1.41. The Balaban J connectivity index is 2.20. The smallest absolute Gasteiger partial charge is 0.130 e. The maximum Gasteiger partial charge on any atom is 0.130 e. The number of halogens is 2. The predicted molar refractivity (Wildman–Crippen MR) is 60.3 cm³/mol. The molecule has 0 unspecified atom stereocenters. The van der Waals surface area contributed by atoms with Crippen LogP contribution in [0.4, 0.5) is 4.39 Å². The minimum Gasteiger partial charge on any atom is -0.457 e. The molecule has 2 nitrogen and oxygen atoms in total. The van der Waals surface area contributed by atoms with Crippen LogP contribution in [0.2, 0.25) is 0 Å². The second kappa shape index (κ2) is 4.94. The molecule has 2 aromatic rings. The van der Waals surface area contributed by atoms with Crippen LogP contribution in [0.1, 0.15) is 5.69 Å². The lowest BCUT2D eigenvalue weighted by molar-refractivity contribution is 0.475. The Labute approximate surface area is 97.7 Å². The van der Waals surface area contributed by atoms with E-state index < -0.39 is 0 Å². The van der Waals surface area contributed by atoms with E-state index in [4.69, 9.17) is 16.3 Å². The topological polar surface area (TPSA) is 22.1 Å². The summed E-state index contributed by atoms with van der Waals surface area (Å²) in [6.45, 7) is 0. The van der Waals surface area contributed by atoms with Gasteiger partial charge < -0.3 is 4.74 Å². The van der Waals surface area contributed by atoms with Crippen LogP contribution in [-0.4, -0.2) is 4.98 Å².